The van der Waals surface area contributed by atoms with E-state index < -0.39 is 30.6 Å². The molecule has 1 aliphatic carbocycles. The van der Waals surface area contributed by atoms with E-state index in [0.29, 0.717) is 25.9 Å². The van der Waals surface area contributed by atoms with E-state index in [1.807, 2.05) is 35.2 Å². The molecule has 1 saturated carbocycles. The summed E-state index contributed by atoms with van der Waals surface area (Å²) in [5.41, 5.74) is -0.164. The predicted molar refractivity (Wildman–Crippen MR) is 148 cm³/mol. The number of fused-ring (bicyclic) bond motifs is 2. The predicted octanol–water partition coefficient (Wildman–Crippen LogP) is 2.03. The van der Waals surface area contributed by atoms with Crippen molar-refractivity contribution in [3.8, 4) is 6.07 Å². The van der Waals surface area contributed by atoms with Gasteiger partial charge in [0.1, 0.15) is 12.5 Å². The Labute approximate surface area is 236 Å². The number of morpholine rings is 1. The van der Waals surface area contributed by atoms with Crippen molar-refractivity contribution in [3.63, 3.8) is 0 Å². The lowest BCUT2D eigenvalue weighted by Crippen LogP contribution is -2.56. The van der Waals surface area contributed by atoms with Gasteiger partial charge in [0.05, 0.1) is 29.8 Å². The van der Waals surface area contributed by atoms with Crippen LogP contribution in [0.5, 0.6) is 0 Å². The number of amides is 2. The maximum absolute atomic E-state index is 13.9. The molecule has 10 nitrogen and oxygen atoms in total. The van der Waals surface area contributed by atoms with Gasteiger partial charge in [-0.2, -0.15) is 5.26 Å². The molecule has 2 atom stereocenters. The molecule has 2 bridgehead atoms. The lowest BCUT2D eigenvalue weighted by molar-refractivity contribution is -0.141. The molecule has 3 N–H and O–H groups in total. The fourth-order valence-corrected chi connectivity index (χ4v) is 6.93. The van der Waals surface area contributed by atoms with E-state index >= 15 is 0 Å². The molecule has 0 aromatic heterocycles. The van der Waals surface area contributed by atoms with Gasteiger partial charge in [-0.05, 0) is 70.8 Å². The van der Waals surface area contributed by atoms with Crippen LogP contribution in [0.15, 0.2) is 30.3 Å². The van der Waals surface area contributed by atoms with E-state index in [0.717, 1.165) is 44.3 Å². The SMILES string of the molecule is CC(C)(CC(C#N)C(=O)N1C2CCC1(COC(=O)N[C@@H](Cc1ccccc1)B(O)O)CC2)N1CCOC2(CC2)C1. The minimum atomic E-state index is -1.76. The van der Waals surface area contributed by atoms with Gasteiger partial charge < -0.3 is 29.7 Å². The third-order valence-corrected chi connectivity index (χ3v) is 9.50. The molecule has 3 saturated heterocycles. The first-order valence-electron chi connectivity index (χ1n) is 14.5. The molecule has 40 heavy (non-hydrogen) atoms. The van der Waals surface area contributed by atoms with Crippen LogP contribution in [-0.4, -0.2) is 93.9 Å². The topological polar surface area (TPSA) is 135 Å². The summed E-state index contributed by atoms with van der Waals surface area (Å²) in [6.45, 7) is 6.51. The smallest absolute Gasteiger partial charge is 0.447 e. The third-order valence-electron chi connectivity index (χ3n) is 9.50. The van der Waals surface area contributed by atoms with Crippen molar-refractivity contribution in [2.75, 3.05) is 26.3 Å². The summed E-state index contributed by atoms with van der Waals surface area (Å²) in [6.07, 6.45) is 5.08. The Kier molecular flexibility index (Phi) is 8.17. The van der Waals surface area contributed by atoms with E-state index in [9.17, 15) is 24.9 Å². The molecule has 1 unspecified atom stereocenters. The number of ether oxygens (including phenoxy) is 2. The number of benzene rings is 1. The van der Waals surface area contributed by atoms with Crippen molar-refractivity contribution < 1.29 is 29.1 Å². The van der Waals surface area contributed by atoms with Gasteiger partial charge in [-0.25, -0.2) is 4.79 Å². The van der Waals surface area contributed by atoms with Crippen molar-refractivity contribution in [2.45, 2.75) is 93.9 Å². The number of nitrogens with zero attached hydrogens (tertiary/aromatic N) is 3. The molecule has 3 aliphatic heterocycles. The molecule has 1 spiro atoms. The second-order valence-electron chi connectivity index (χ2n) is 12.7. The highest BCUT2D eigenvalue weighted by atomic mass is 16.6. The van der Waals surface area contributed by atoms with Gasteiger partial charge >= 0.3 is 13.2 Å². The van der Waals surface area contributed by atoms with Crippen LogP contribution in [0, 0.1) is 17.2 Å². The van der Waals surface area contributed by atoms with Crippen LogP contribution in [0.1, 0.15) is 64.4 Å². The summed E-state index contributed by atoms with van der Waals surface area (Å²) in [6, 6.07) is 11.6. The second-order valence-corrected chi connectivity index (χ2v) is 12.7. The lowest BCUT2D eigenvalue weighted by atomic mass is 9.76. The van der Waals surface area contributed by atoms with Crippen molar-refractivity contribution in [3.05, 3.63) is 35.9 Å². The highest BCUT2D eigenvalue weighted by Gasteiger charge is 2.56. The van der Waals surface area contributed by atoms with Crippen molar-refractivity contribution in [1.29, 1.82) is 5.26 Å². The number of carbonyl (C=O) groups is 2. The highest BCUT2D eigenvalue weighted by molar-refractivity contribution is 6.43. The average molecular weight is 552 g/mol. The number of carbonyl (C=O) groups excluding carboxylic acids is 2. The molecule has 5 rings (SSSR count). The van der Waals surface area contributed by atoms with E-state index in [2.05, 4.69) is 30.1 Å². The molecule has 2 amide bonds. The van der Waals surface area contributed by atoms with Gasteiger partial charge in [0.15, 0.2) is 0 Å². The zero-order valence-electron chi connectivity index (χ0n) is 23.6. The van der Waals surface area contributed by atoms with Crippen LogP contribution in [0.3, 0.4) is 0 Å². The quantitative estimate of drug-likeness (QED) is 0.376. The van der Waals surface area contributed by atoms with Crippen LogP contribution in [0.25, 0.3) is 0 Å². The second kappa shape index (κ2) is 11.3. The molecular weight excluding hydrogens is 511 g/mol. The minimum Gasteiger partial charge on any atom is -0.447 e. The molecule has 1 aromatic carbocycles. The van der Waals surface area contributed by atoms with E-state index in [4.69, 9.17) is 9.47 Å². The molecule has 3 heterocycles. The van der Waals surface area contributed by atoms with E-state index in [1.54, 1.807) is 0 Å². The Morgan fingerprint density at radius 1 is 1.23 bits per heavy atom. The fraction of sp³-hybridized carbons (Fsp3) is 0.690. The van der Waals surface area contributed by atoms with Crippen molar-refractivity contribution >= 4 is 19.1 Å². The van der Waals surface area contributed by atoms with Gasteiger partial charge in [0.25, 0.3) is 0 Å². The third kappa shape index (κ3) is 6.01. The monoisotopic (exact) mass is 552 g/mol. The molecular formula is C29H41BN4O6. The summed E-state index contributed by atoms with van der Waals surface area (Å²) in [5, 5.41) is 32.3. The zero-order chi connectivity index (χ0) is 28.5. The number of hydrogen-bond donors (Lipinski definition) is 3. The van der Waals surface area contributed by atoms with Gasteiger partial charge in [0.2, 0.25) is 5.91 Å². The highest BCUT2D eigenvalue weighted by Crippen LogP contribution is 2.48. The Balaban J connectivity index is 1.21. The van der Waals surface area contributed by atoms with Crippen LogP contribution in [-0.2, 0) is 20.7 Å². The number of alkyl carbamates (subject to hydrolysis) is 1. The standard InChI is InChI=1S/C29H41BN4O6/c1-27(2,33-14-15-40-29(19-33)12-13-29)17-22(18-31)25(35)34-23-8-10-28(34,11-9-23)20-39-26(36)32-24(30(37)38)16-21-6-4-3-5-7-21/h3-7,22-24,37-38H,8-17,19-20H2,1-2H3,(H,32,36)/t22?,23?,24-,28?/m0/s1. The molecule has 4 aliphatic rings. The molecule has 4 fully saturated rings. The lowest BCUT2D eigenvalue weighted by Gasteiger charge is -2.45. The Morgan fingerprint density at radius 3 is 2.55 bits per heavy atom. The normalized spacial score (nSPS) is 26.7. The van der Waals surface area contributed by atoms with E-state index in [1.165, 1.54) is 0 Å². The number of nitrogens with one attached hydrogen (secondary N) is 1. The van der Waals surface area contributed by atoms with Crippen LogP contribution < -0.4 is 5.32 Å². The maximum atomic E-state index is 13.9. The summed E-state index contributed by atoms with van der Waals surface area (Å²) in [7, 11) is -1.76. The van der Waals surface area contributed by atoms with Crippen LogP contribution in [0.2, 0.25) is 0 Å². The molecule has 11 heteroatoms. The van der Waals surface area contributed by atoms with Crippen molar-refractivity contribution in [1.82, 2.24) is 15.1 Å². The summed E-state index contributed by atoms with van der Waals surface area (Å²) in [4.78, 5) is 30.8. The zero-order valence-corrected chi connectivity index (χ0v) is 23.6. The minimum absolute atomic E-state index is 0.00811. The molecule has 1 aromatic rings. The fourth-order valence-electron chi connectivity index (χ4n) is 6.93. The number of nitriles is 1. The summed E-state index contributed by atoms with van der Waals surface area (Å²) in [5.74, 6) is -1.91. The van der Waals surface area contributed by atoms with Gasteiger partial charge in [0, 0.05) is 24.7 Å². The number of hydrogen-bond acceptors (Lipinski definition) is 8. The Bertz CT molecular complexity index is 1110. The molecule has 216 valence electrons. The summed E-state index contributed by atoms with van der Waals surface area (Å²) >= 11 is 0. The van der Waals surface area contributed by atoms with Gasteiger partial charge in [-0.15, -0.1) is 0 Å². The Morgan fingerprint density at radius 2 is 1.93 bits per heavy atom. The van der Waals surface area contributed by atoms with Crippen molar-refractivity contribution in [2.24, 2.45) is 5.92 Å². The van der Waals surface area contributed by atoms with Crippen LogP contribution in [0.4, 0.5) is 4.79 Å². The van der Waals surface area contributed by atoms with Crippen LogP contribution >= 0.6 is 0 Å². The average Bonchev–Trinajstić information content (AvgIpc) is 3.44. The summed E-state index contributed by atoms with van der Waals surface area (Å²) < 4.78 is 11.6. The number of rotatable bonds is 10. The van der Waals surface area contributed by atoms with Gasteiger partial charge in [-0.1, -0.05) is 30.3 Å². The van der Waals surface area contributed by atoms with Gasteiger partial charge in [-0.3, -0.25) is 9.69 Å². The first kappa shape index (κ1) is 28.9. The van der Waals surface area contributed by atoms with E-state index in [-0.39, 0.29) is 36.1 Å². The maximum Gasteiger partial charge on any atom is 0.475 e. The Hall–Kier alpha value is -2.65. The first-order chi connectivity index (χ1) is 19.1. The molecule has 0 radical (unpaired) electrons. The first-order valence-corrected chi connectivity index (χ1v) is 14.5. The largest absolute Gasteiger partial charge is 0.475 e.